The summed E-state index contributed by atoms with van der Waals surface area (Å²) in [7, 11) is 1.87. The number of nitrogen functional groups attached to an aromatic ring is 1. The van der Waals surface area contributed by atoms with Gasteiger partial charge in [-0.2, -0.15) is 0 Å². The third-order valence-electron chi connectivity index (χ3n) is 2.27. The second-order valence-corrected chi connectivity index (χ2v) is 3.99. The van der Waals surface area contributed by atoms with E-state index in [2.05, 4.69) is 5.32 Å². The highest BCUT2D eigenvalue weighted by molar-refractivity contribution is 6.31. The predicted molar refractivity (Wildman–Crippen MR) is 70.4 cm³/mol. The first-order chi connectivity index (χ1) is 8.06. The Balaban J connectivity index is 2.99. The van der Waals surface area contributed by atoms with Gasteiger partial charge in [0.15, 0.2) is 0 Å². The highest BCUT2D eigenvalue weighted by Gasteiger charge is 2.11. The van der Waals surface area contributed by atoms with Gasteiger partial charge in [-0.1, -0.05) is 23.8 Å². The second kappa shape index (κ2) is 6.27. The normalized spacial score (nSPS) is 10.9. The van der Waals surface area contributed by atoms with Crippen LogP contribution in [0.15, 0.2) is 18.2 Å². The first kappa shape index (κ1) is 13.5. The summed E-state index contributed by atoms with van der Waals surface area (Å²) < 4.78 is 0. The molecule has 4 N–H and O–H groups in total. The van der Waals surface area contributed by atoms with E-state index in [1.54, 1.807) is 12.1 Å². The molecule has 0 spiro atoms. The number of nitrogens with one attached hydrogen (secondary N) is 1. The average Bonchev–Trinajstić information content (AvgIpc) is 2.28. The number of carbonyl (C=O) groups is 1. The Morgan fingerprint density at radius 1 is 1.59 bits per heavy atom. The molecule has 5 heteroatoms. The summed E-state index contributed by atoms with van der Waals surface area (Å²) in [6, 6.07) is 3.00. The number of nitrogens with two attached hydrogens (primary N) is 1. The topological polar surface area (TPSA) is 75.3 Å². The molecule has 0 aliphatic carbocycles. The number of carboxylic acids is 1. The number of aromatic carboxylic acids is 1. The van der Waals surface area contributed by atoms with E-state index in [1.165, 1.54) is 6.07 Å². The fourth-order valence-corrected chi connectivity index (χ4v) is 1.62. The van der Waals surface area contributed by atoms with Crippen LogP contribution in [0.4, 0.5) is 5.69 Å². The van der Waals surface area contributed by atoms with Crippen molar-refractivity contribution in [2.24, 2.45) is 0 Å². The molecule has 4 nitrogen and oxygen atoms in total. The van der Waals surface area contributed by atoms with Crippen molar-refractivity contribution in [2.45, 2.75) is 6.42 Å². The van der Waals surface area contributed by atoms with Crippen LogP contribution in [0.1, 0.15) is 22.3 Å². The Labute approximate surface area is 105 Å². The van der Waals surface area contributed by atoms with E-state index in [0.29, 0.717) is 10.6 Å². The summed E-state index contributed by atoms with van der Waals surface area (Å²) in [6.07, 6.45) is 4.54. The summed E-state index contributed by atoms with van der Waals surface area (Å²) in [5.74, 6) is -1.07. The highest BCUT2D eigenvalue weighted by Crippen LogP contribution is 2.24. The van der Waals surface area contributed by atoms with Crippen molar-refractivity contribution < 1.29 is 9.90 Å². The Bertz CT molecular complexity index is 444. The van der Waals surface area contributed by atoms with Gasteiger partial charge in [0.05, 0.1) is 11.3 Å². The third-order valence-corrected chi connectivity index (χ3v) is 2.48. The van der Waals surface area contributed by atoms with E-state index < -0.39 is 5.97 Å². The van der Waals surface area contributed by atoms with Gasteiger partial charge in [-0.25, -0.2) is 4.79 Å². The van der Waals surface area contributed by atoms with Gasteiger partial charge in [0.1, 0.15) is 0 Å². The van der Waals surface area contributed by atoms with Gasteiger partial charge in [-0.05, 0) is 37.7 Å². The lowest BCUT2D eigenvalue weighted by Gasteiger charge is -2.06. The maximum atomic E-state index is 10.9. The van der Waals surface area contributed by atoms with Gasteiger partial charge in [0.2, 0.25) is 0 Å². The number of hydrogen-bond acceptors (Lipinski definition) is 3. The molecule has 92 valence electrons. The fourth-order valence-electron chi connectivity index (χ4n) is 1.39. The molecule has 0 aliphatic heterocycles. The van der Waals surface area contributed by atoms with Crippen LogP contribution in [0.2, 0.25) is 5.02 Å². The van der Waals surface area contributed by atoms with Gasteiger partial charge in [0.25, 0.3) is 0 Å². The molecular weight excluding hydrogens is 240 g/mol. The van der Waals surface area contributed by atoms with Crippen LogP contribution in [0.3, 0.4) is 0 Å². The summed E-state index contributed by atoms with van der Waals surface area (Å²) in [4.78, 5) is 10.9. The van der Waals surface area contributed by atoms with Crippen LogP contribution in [0, 0.1) is 0 Å². The molecule has 0 saturated heterocycles. The van der Waals surface area contributed by atoms with E-state index >= 15 is 0 Å². The molecule has 0 unspecified atom stereocenters. The first-order valence-electron chi connectivity index (χ1n) is 5.19. The van der Waals surface area contributed by atoms with E-state index in [1.807, 2.05) is 13.1 Å². The van der Waals surface area contributed by atoms with Crippen molar-refractivity contribution in [3.05, 3.63) is 34.4 Å². The molecule has 0 radical (unpaired) electrons. The summed E-state index contributed by atoms with van der Waals surface area (Å²) in [5.41, 5.74) is 6.66. The number of carboxylic acid groups (broad SMARTS) is 1. The van der Waals surface area contributed by atoms with Gasteiger partial charge in [0, 0.05) is 5.02 Å². The van der Waals surface area contributed by atoms with Crippen molar-refractivity contribution in [3.8, 4) is 0 Å². The quantitative estimate of drug-likeness (QED) is 0.556. The van der Waals surface area contributed by atoms with Crippen molar-refractivity contribution in [3.63, 3.8) is 0 Å². The standard InChI is InChI=1S/C12H15ClN2O2/c1-15-5-3-2-4-8-6-9(13)7-10(11(8)14)12(16)17/h2,4,6-7,15H,3,5,14H2,1H3,(H,16,17). The molecular formula is C12H15ClN2O2. The highest BCUT2D eigenvalue weighted by atomic mass is 35.5. The van der Waals surface area contributed by atoms with Crippen LogP contribution < -0.4 is 11.1 Å². The zero-order valence-corrected chi connectivity index (χ0v) is 10.3. The maximum absolute atomic E-state index is 10.9. The molecule has 0 bridgehead atoms. The number of anilines is 1. The number of rotatable bonds is 5. The lowest BCUT2D eigenvalue weighted by molar-refractivity contribution is 0.0698. The minimum atomic E-state index is -1.07. The Kier molecular flexibility index (Phi) is 5.00. The fraction of sp³-hybridized carbons (Fsp3) is 0.250. The van der Waals surface area contributed by atoms with Crippen molar-refractivity contribution >= 4 is 29.3 Å². The molecule has 1 aromatic rings. The number of benzene rings is 1. The average molecular weight is 255 g/mol. The molecule has 0 aromatic heterocycles. The SMILES string of the molecule is CNCCC=Cc1cc(Cl)cc(C(=O)O)c1N. The molecule has 0 amide bonds. The Morgan fingerprint density at radius 2 is 2.29 bits per heavy atom. The van der Waals surface area contributed by atoms with Crippen LogP contribution in [-0.2, 0) is 0 Å². The van der Waals surface area contributed by atoms with Gasteiger partial charge in [-0.15, -0.1) is 0 Å². The molecule has 0 atom stereocenters. The summed E-state index contributed by atoms with van der Waals surface area (Å²) >= 11 is 5.84. The molecule has 1 rings (SSSR count). The van der Waals surface area contributed by atoms with Crippen LogP contribution in [-0.4, -0.2) is 24.7 Å². The maximum Gasteiger partial charge on any atom is 0.337 e. The summed E-state index contributed by atoms with van der Waals surface area (Å²) in [5, 5.41) is 12.3. The zero-order chi connectivity index (χ0) is 12.8. The smallest absolute Gasteiger partial charge is 0.337 e. The minimum Gasteiger partial charge on any atom is -0.478 e. The van der Waals surface area contributed by atoms with E-state index in [4.69, 9.17) is 22.4 Å². The Morgan fingerprint density at radius 3 is 2.88 bits per heavy atom. The van der Waals surface area contributed by atoms with Gasteiger partial charge in [-0.3, -0.25) is 0 Å². The van der Waals surface area contributed by atoms with Crippen LogP contribution in [0.5, 0.6) is 0 Å². The van der Waals surface area contributed by atoms with Gasteiger partial charge >= 0.3 is 5.97 Å². The zero-order valence-electron chi connectivity index (χ0n) is 9.53. The lowest BCUT2D eigenvalue weighted by atomic mass is 10.1. The van der Waals surface area contributed by atoms with Gasteiger partial charge < -0.3 is 16.2 Å². The Hall–Kier alpha value is -1.52. The van der Waals surface area contributed by atoms with Crippen molar-refractivity contribution in [2.75, 3.05) is 19.3 Å². The molecule has 1 aromatic carbocycles. The van der Waals surface area contributed by atoms with Crippen LogP contribution >= 0.6 is 11.6 Å². The van der Waals surface area contributed by atoms with Crippen LogP contribution in [0.25, 0.3) is 6.08 Å². The molecule has 0 fully saturated rings. The predicted octanol–water partition coefficient (Wildman–Crippen LogP) is 2.24. The molecule has 0 heterocycles. The molecule has 0 aliphatic rings. The first-order valence-corrected chi connectivity index (χ1v) is 5.57. The number of hydrogen-bond donors (Lipinski definition) is 3. The largest absolute Gasteiger partial charge is 0.478 e. The van der Waals surface area contributed by atoms with Crippen molar-refractivity contribution in [1.82, 2.24) is 5.32 Å². The second-order valence-electron chi connectivity index (χ2n) is 3.56. The van der Waals surface area contributed by atoms with E-state index in [-0.39, 0.29) is 11.3 Å². The van der Waals surface area contributed by atoms with E-state index in [0.717, 1.165) is 13.0 Å². The minimum absolute atomic E-state index is 0.0331. The lowest BCUT2D eigenvalue weighted by Crippen LogP contribution is -2.06. The van der Waals surface area contributed by atoms with E-state index in [9.17, 15) is 4.79 Å². The monoisotopic (exact) mass is 254 g/mol. The molecule has 0 saturated carbocycles. The number of halogens is 1. The summed E-state index contributed by atoms with van der Waals surface area (Å²) in [6.45, 7) is 0.850. The van der Waals surface area contributed by atoms with Crippen molar-refractivity contribution in [1.29, 1.82) is 0 Å². The molecule has 17 heavy (non-hydrogen) atoms. The third kappa shape index (κ3) is 3.76.